The lowest BCUT2D eigenvalue weighted by Gasteiger charge is -2.10. The van der Waals surface area contributed by atoms with E-state index in [-0.39, 0.29) is 24.5 Å². The first-order valence-corrected chi connectivity index (χ1v) is 12.6. The van der Waals surface area contributed by atoms with Crippen LogP contribution in [0.5, 0.6) is 5.88 Å². The summed E-state index contributed by atoms with van der Waals surface area (Å²) in [6.07, 6.45) is 2.37. The highest BCUT2D eigenvalue weighted by molar-refractivity contribution is 7.90. The lowest BCUT2D eigenvalue weighted by atomic mass is 10.2. The summed E-state index contributed by atoms with van der Waals surface area (Å²) in [7, 11) is -3.34. The molecule has 1 aromatic carbocycles. The Morgan fingerprint density at radius 3 is 2.67 bits per heavy atom. The average Bonchev–Trinajstić information content (AvgIpc) is 3.52. The van der Waals surface area contributed by atoms with Crippen LogP contribution in [0.15, 0.2) is 53.2 Å². The predicted octanol–water partition coefficient (Wildman–Crippen LogP) is 1.13. The Kier molecular flexibility index (Phi) is 6.03. The predicted molar refractivity (Wildman–Crippen MR) is 125 cm³/mol. The fraction of sp³-hybridized carbons (Fsp3) is 0.182. The second-order valence-corrected chi connectivity index (χ2v) is 9.99. The molecule has 184 valence electrons. The number of benzene rings is 1. The maximum Gasteiger partial charge on any atom is 0.253 e. The third kappa shape index (κ3) is 4.71. The molecule has 0 atom stereocenters. The van der Waals surface area contributed by atoms with Crippen LogP contribution in [0.4, 0.5) is 0 Å². The maximum absolute atomic E-state index is 12.1. The monoisotopic (exact) mass is 509 g/mol. The van der Waals surface area contributed by atoms with E-state index in [2.05, 4.69) is 30.8 Å². The van der Waals surface area contributed by atoms with Crippen molar-refractivity contribution in [3.05, 3.63) is 65.7 Å². The highest BCUT2D eigenvalue weighted by Gasteiger charge is 2.19. The third-order valence-electron chi connectivity index (χ3n) is 5.11. The molecule has 5 rings (SSSR count). The maximum atomic E-state index is 12.1. The number of nitrogens with one attached hydrogen (secondary N) is 1. The zero-order chi connectivity index (χ0) is 25.3. The fourth-order valence-electron chi connectivity index (χ4n) is 3.40. The van der Waals surface area contributed by atoms with Crippen molar-refractivity contribution >= 4 is 32.2 Å². The van der Waals surface area contributed by atoms with Crippen molar-refractivity contribution in [3.8, 4) is 17.4 Å². The summed E-state index contributed by atoms with van der Waals surface area (Å²) in [4.78, 5) is 16.3. The van der Waals surface area contributed by atoms with Gasteiger partial charge in [0.15, 0.2) is 26.9 Å². The van der Waals surface area contributed by atoms with Crippen LogP contribution in [-0.2, 0) is 23.1 Å². The summed E-state index contributed by atoms with van der Waals surface area (Å²) in [6.45, 7) is -0.260. The Morgan fingerprint density at radius 2 is 1.97 bits per heavy atom. The van der Waals surface area contributed by atoms with E-state index < -0.39 is 21.6 Å². The van der Waals surface area contributed by atoms with Gasteiger partial charge in [0.1, 0.15) is 19.1 Å². The summed E-state index contributed by atoms with van der Waals surface area (Å²) >= 11 is 0. The van der Waals surface area contributed by atoms with Gasteiger partial charge in [-0.15, -0.1) is 15.3 Å². The molecule has 0 aliphatic carbocycles. The van der Waals surface area contributed by atoms with Gasteiger partial charge in [-0.2, -0.15) is 4.52 Å². The third-order valence-corrected chi connectivity index (χ3v) is 5.78. The van der Waals surface area contributed by atoms with Crippen LogP contribution >= 0.6 is 0 Å². The van der Waals surface area contributed by atoms with E-state index in [1.807, 2.05) is 24.3 Å². The van der Waals surface area contributed by atoms with Crippen LogP contribution in [0.25, 0.3) is 27.9 Å². The average molecular weight is 510 g/mol. The van der Waals surface area contributed by atoms with E-state index in [4.69, 9.17) is 9.26 Å². The minimum absolute atomic E-state index is 0.0455. The molecule has 0 fully saturated rings. The minimum atomic E-state index is -3.34. The molecule has 5 aromatic rings. The molecule has 36 heavy (non-hydrogen) atoms. The molecule has 0 aliphatic rings. The van der Waals surface area contributed by atoms with Gasteiger partial charge in [-0.1, -0.05) is 23.4 Å². The number of fused-ring (bicyclic) bond motifs is 3. The highest BCUT2D eigenvalue weighted by Crippen LogP contribution is 2.29. The molecule has 0 radical (unpaired) electrons. The molecule has 4 aromatic heterocycles. The lowest BCUT2D eigenvalue weighted by molar-refractivity contribution is 0.0959. The number of carbonyl (C=O) groups is 1. The van der Waals surface area contributed by atoms with Gasteiger partial charge in [0.25, 0.3) is 5.91 Å². The highest BCUT2D eigenvalue weighted by atomic mass is 32.2. The molecule has 1 amide bonds. The van der Waals surface area contributed by atoms with Crippen LogP contribution in [0.2, 0.25) is 0 Å². The lowest BCUT2D eigenvalue weighted by Crippen LogP contribution is -2.29. The molecule has 0 aliphatic heterocycles. The molecule has 14 heteroatoms. The van der Waals surface area contributed by atoms with E-state index in [9.17, 15) is 18.3 Å². The van der Waals surface area contributed by atoms with Crippen LogP contribution in [0, 0.1) is 0 Å². The van der Waals surface area contributed by atoms with E-state index in [1.165, 1.54) is 16.8 Å². The molecule has 0 bridgehead atoms. The quantitative estimate of drug-likeness (QED) is 0.307. The Balaban J connectivity index is 1.41. The summed E-state index contributed by atoms with van der Waals surface area (Å²) in [5, 5.41) is 29.9. The summed E-state index contributed by atoms with van der Waals surface area (Å²) in [5.41, 5.74) is 1.58. The number of aliphatic hydroxyl groups excluding tert-OH is 1. The topological polar surface area (TPSA) is 175 Å². The second kappa shape index (κ2) is 9.31. The van der Waals surface area contributed by atoms with Gasteiger partial charge in [-0.05, 0) is 18.2 Å². The van der Waals surface area contributed by atoms with E-state index in [0.29, 0.717) is 34.1 Å². The normalized spacial score (nSPS) is 11.7. The van der Waals surface area contributed by atoms with Crippen molar-refractivity contribution in [2.75, 3.05) is 12.1 Å². The van der Waals surface area contributed by atoms with E-state index in [1.54, 1.807) is 12.1 Å². The Labute approximate surface area is 203 Å². The van der Waals surface area contributed by atoms with E-state index >= 15 is 0 Å². The standard InChI is InChI=1S/C22H19N7O6S/c1-36(32,33)12-24-21(31)13-6-7-14(23-9-13)11-34-22-17-5-3-2-4-16(17)19-25-26-20(29(19)27-22)18-8-15(10-30)35-28-18/h2-9,30H,10-12H2,1H3,(H,24,31). The number of amides is 1. The number of aliphatic hydroxyl groups is 1. The van der Waals surface area contributed by atoms with Crippen molar-refractivity contribution < 1.29 is 27.6 Å². The number of aromatic nitrogens is 6. The van der Waals surface area contributed by atoms with Crippen LogP contribution < -0.4 is 10.1 Å². The number of hydrogen-bond donors (Lipinski definition) is 2. The molecular weight excluding hydrogens is 490 g/mol. The van der Waals surface area contributed by atoms with Crippen LogP contribution in [0.1, 0.15) is 21.8 Å². The number of nitrogens with zero attached hydrogens (tertiary/aromatic N) is 6. The van der Waals surface area contributed by atoms with Gasteiger partial charge in [0, 0.05) is 29.3 Å². The van der Waals surface area contributed by atoms with E-state index in [0.717, 1.165) is 11.6 Å². The smallest absolute Gasteiger partial charge is 0.253 e. The van der Waals surface area contributed by atoms with Gasteiger partial charge in [-0.3, -0.25) is 9.78 Å². The first kappa shape index (κ1) is 23.3. The molecule has 0 unspecified atom stereocenters. The zero-order valence-corrected chi connectivity index (χ0v) is 19.6. The van der Waals surface area contributed by atoms with Gasteiger partial charge in [0.2, 0.25) is 11.7 Å². The summed E-state index contributed by atoms with van der Waals surface area (Å²) in [6, 6.07) is 12.1. The molecule has 0 spiro atoms. The number of carbonyl (C=O) groups excluding carboxylic acids is 1. The molecule has 0 saturated carbocycles. The number of pyridine rings is 1. The Hall–Kier alpha value is -4.43. The Morgan fingerprint density at radius 1 is 1.17 bits per heavy atom. The van der Waals surface area contributed by atoms with Crippen LogP contribution in [-0.4, -0.2) is 61.5 Å². The zero-order valence-electron chi connectivity index (χ0n) is 18.8. The van der Waals surface area contributed by atoms with Crippen molar-refractivity contribution in [1.29, 1.82) is 0 Å². The van der Waals surface area contributed by atoms with Crippen LogP contribution in [0.3, 0.4) is 0 Å². The SMILES string of the molecule is CS(=O)(=O)CNC(=O)c1ccc(COc2nn3c(-c4cc(CO)on4)nnc3c3ccccc23)nc1. The minimum Gasteiger partial charge on any atom is -0.470 e. The molecule has 4 heterocycles. The number of ether oxygens (including phenoxy) is 1. The number of sulfone groups is 1. The fourth-order valence-corrected chi connectivity index (χ4v) is 3.79. The van der Waals surface area contributed by atoms with Crippen molar-refractivity contribution in [2.45, 2.75) is 13.2 Å². The van der Waals surface area contributed by atoms with Crippen molar-refractivity contribution in [2.24, 2.45) is 0 Å². The second-order valence-electron chi connectivity index (χ2n) is 7.85. The molecule has 13 nitrogen and oxygen atoms in total. The molecule has 0 saturated heterocycles. The van der Waals surface area contributed by atoms with Crippen molar-refractivity contribution in [3.63, 3.8) is 0 Å². The Bertz CT molecular complexity index is 1680. The largest absolute Gasteiger partial charge is 0.470 e. The first-order valence-electron chi connectivity index (χ1n) is 10.6. The molecular formula is C22H19N7O6S. The van der Waals surface area contributed by atoms with Gasteiger partial charge >= 0.3 is 0 Å². The summed E-state index contributed by atoms with van der Waals surface area (Å²) in [5.74, 6) is -0.124. The van der Waals surface area contributed by atoms with Gasteiger partial charge < -0.3 is 19.7 Å². The molecule has 2 N–H and O–H groups in total. The van der Waals surface area contributed by atoms with Crippen molar-refractivity contribution in [1.82, 2.24) is 35.3 Å². The van der Waals surface area contributed by atoms with Gasteiger partial charge in [0.05, 0.1) is 11.3 Å². The number of hydrogen-bond acceptors (Lipinski definition) is 11. The first-order chi connectivity index (χ1) is 17.3. The van der Waals surface area contributed by atoms with Gasteiger partial charge in [-0.25, -0.2) is 8.42 Å². The number of rotatable bonds is 8. The summed E-state index contributed by atoms with van der Waals surface area (Å²) < 4.78 is 35.0.